The normalized spacial score (nSPS) is 10.6. The maximum Gasteiger partial charge on any atom is 0.342 e. The van der Waals surface area contributed by atoms with Gasteiger partial charge in [0, 0.05) is 12.4 Å². The smallest absolute Gasteiger partial charge is 0.342 e. The molecule has 0 aliphatic heterocycles. The highest BCUT2D eigenvalue weighted by atomic mass is 35.5. The van der Waals surface area contributed by atoms with Gasteiger partial charge in [-0.15, -0.1) is 0 Å². The SMILES string of the molecule is C.CC(C)OC(=O)c1cnc(Cl)nc1-c1cnc2ccccn12. The molecule has 3 heterocycles. The number of pyridine rings is 1. The molecule has 6 nitrogen and oxygen atoms in total. The molecule has 0 unspecified atom stereocenters. The summed E-state index contributed by atoms with van der Waals surface area (Å²) >= 11 is 5.89. The van der Waals surface area contributed by atoms with Crippen molar-refractivity contribution in [1.82, 2.24) is 19.4 Å². The molecule has 0 saturated carbocycles. The van der Waals surface area contributed by atoms with Crippen LogP contribution in [-0.4, -0.2) is 31.4 Å². The van der Waals surface area contributed by atoms with E-state index in [1.807, 2.05) is 28.8 Å². The van der Waals surface area contributed by atoms with E-state index < -0.39 is 5.97 Å². The van der Waals surface area contributed by atoms with Crippen molar-refractivity contribution < 1.29 is 9.53 Å². The van der Waals surface area contributed by atoms with Crippen molar-refractivity contribution >= 4 is 23.2 Å². The standard InChI is InChI=1S/C15H13ClN4O2.CH4/c1-9(2)22-14(21)10-7-18-15(16)19-13(10)11-8-17-12-5-3-4-6-20(11)12;/h3-9H,1-2H3;1H4. The van der Waals surface area contributed by atoms with Crippen LogP contribution in [0.1, 0.15) is 31.6 Å². The number of imidazole rings is 1. The maximum absolute atomic E-state index is 12.2. The summed E-state index contributed by atoms with van der Waals surface area (Å²) in [5.74, 6) is -0.493. The van der Waals surface area contributed by atoms with Gasteiger partial charge in [0.1, 0.15) is 16.9 Å². The largest absolute Gasteiger partial charge is 0.459 e. The minimum atomic E-state index is -0.493. The van der Waals surface area contributed by atoms with E-state index in [1.54, 1.807) is 20.0 Å². The van der Waals surface area contributed by atoms with E-state index in [1.165, 1.54) is 6.20 Å². The number of ether oxygens (including phenoxy) is 1. The van der Waals surface area contributed by atoms with Crippen molar-refractivity contribution in [2.75, 3.05) is 0 Å². The molecule has 3 rings (SSSR count). The summed E-state index contributed by atoms with van der Waals surface area (Å²) < 4.78 is 7.06. The first-order chi connectivity index (χ1) is 10.6. The highest BCUT2D eigenvalue weighted by molar-refractivity contribution is 6.28. The number of esters is 1. The van der Waals surface area contributed by atoms with Crippen molar-refractivity contribution in [3.05, 3.63) is 47.6 Å². The van der Waals surface area contributed by atoms with Crippen LogP contribution in [0.3, 0.4) is 0 Å². The summed E-state index contributed by atoms with van der Waals surface area (Å²) in [6.45, 7) is 3.56. The van der Waals surface area contributed by atoms with Gasteiger partial charge in [-0.1, -0.05) is 13.5 Å². The van der Waals surface area contributed by atoms with Gasteiger partial charge in [0.15, 0.2) is 0 Å². The molecule has 0 atom stereocenters. The van der Waals surface area contributed by atoms with E-state index in [0.29, 0.717) is 11.4 Å². The first kappa shape index (κ1) is 16.9. The van der Waals surface area contributed by atoms with Crippen molar-refractivity contribution in [2.45, 2.75) is 27.4 Å². The second-order valence-electron chi connectivity index (χ2n) is 4.93. The Balaban J connectivity index is 0.00000192. The van der Waals surface area contributed by atoms with E-state index in [9.17, 15) is 4.79 Å². The Kier molecular flexibility index (Phi) is 4.95. The topological polar surface area (TPSA) is 69.4 Å². The van der Waals surface area contributed by atoms with Crippen molar-refractivity contribution in [3.8, 4) is 11.4 Å². The minimum Gasteiger partial charge on any atom is -0.459 e. The molecule has 120 valence electrons. The van der Waals surface area contributed by atoms with Gasteiger partial charge in [0.25, 0.3) is 0 Å². The molecule has 0 N–H and O–H groups in total. The Morgan fingerprint density at radius 2 is 2.04 bits per heavy atom. The Morgan fingerprint density at radius 3 is 2.78 bits per heavy atom. The van der Waals surface area contributed by atoms with Gasteiger partial charge in [-0.25, -0.2) is 19.7 Å². The van der Waals surface area contributed by atoms with Crippen LogP contribution >= 0.6 is 11.6 Å². The molecule has 0 fully saturated rings. The predicted octanol–water partition coefficient (Wildman–Crippen LogP) is 3.65. The highest BCUT2D eigenvalue weighted by Gasteiger charge is 2.20. The molecule has 3 aromatic rings. The van der Waals surface area contributed by atoms with Crippen LogP contribution < -0.4 is 0 Å². The molecule has 7 heteroatoms. The van der Waals surface area contributed by atoms with Crippen molar-refractivity contribution in [2.24, 2.45) is 0 Å². The Bertz CT molecular complexity index is 845. The van der Waals surface area contributed by atoms with Gasteiger partial charge >= 0.3 is 5.97 Å². The van der Waals surface area contributed by atoms with Gasteiger partial charge in [0.2, 0.25) is 5.28 Å². The van der Waals surface area contributed by atoms with Crippen LogP contribution in [0.5, 0.6) is 0 Å². The molecule has 0 saturated heterocycles. The predicted molar refractivity (Wildman–Crippen MR) is 88.5 cm³/mol. The Morgan fingerprint density at radius 1 is 1.26 bits per heavy atom. The fourth-order valence-corrected chi connectivity index (χ4v) is 2.22. The molecule has 0 amide bonds. The number of rotatable bonds is 3. The average molecular weight is 333 g/mol. The monoisotopic (exact) mass is 332 g/mol. The number of fused-ring (bicyclic) bond motifs is 1. The third-order valence-electron chi connectivity index (χ3n) is 2.98. The first-order valence-electron chi connectivity index (χ1n) is 6.72. The van der Waals surface area contributed by atoms with E-state index in [-0.39, 0.29) is 24.4 Å². The van der Waals surface area contributed by atoms with Crippen LogP contribution in [0.15, 0.2) is 36.8 Å². The summed E-state index contributed by atoms with van der Waals surface area (Å²) in [5.41, 5.74) is 2.04. The van der Waals surface area contributed by atoms with Gasteiger partial charge in [-0.3, -0.25) is 4.40 Å². The van der Waals surface area contributed by atoms with Gasteiger partial charge in [-0.2, -0.15) is 0 Å². The molecule has 0 spiro atoms. The number of nitrogens with zero attached hydrogens (tertiary/aromatic N) is 4. The quantitative estimate of drug-likeness (QED) is 0.541. The lowest BCUT2D eigenvalue weighted by Crippen LogP contribution is -2.14. The van der Waals surface area contributed by atoms with Crippen LogP contribution in [-0.2, 0) is 4.74 Å². The van der Waals surface area contributed by atoms with E-state index >= 15 is 0 Å². The number of halogens is 1. The summed E-state index contributed by atoms with van der Waals surface area (Å²) in [6, 6.07) is 5.61. The molecule has 3 aromatic heterocycles. The minimum absolute atomic E-state index is 0. The number of hydrogen-bond acceptors (Lipinski definition) is 5. The number of hydrogen-bond donors (Lipinski definition) is 0. The fraction of sp³-hybridized carbons (Fsp3) is 0.250. The van der Waals surface area contributed by atoms with Crippen LogP contribution in [0.4, 0.5) is 0 Å². The second-order valence-corrected chi connectivity index (χ2v) is 5.27. The molecule has 0 aromatic carbocycles. The lowest BCUT2D eigenvalue weighted by Gasteiger charge is -2.10. The molecule has 0 aliphatic carbocycles. The van der Waals surface area contributed by atoms with Crippen molar-refractivity contribution in [3.63, 3.8) is 0 Å². The lowest BCUT2D eigenvalue weighted by atomic mass is 10.2. The third-order valence-corrected chi connectivity index (χ3v) is 3.16. The molecule has 0 aliphatic rings. The highest BCUT2D eigenvalue weighted by Crippen LogP contribution is 2.24. The summed E-state index contributed by atoms with van der Waals surface area (Å²) in [4.78, 5) is 24.6. The second kappa shape index (κ2) is 6.75. The Labute approximate surface area is 139 Å². The lowest BCUT2D eigenvalue weighted by molar-refractivity contribution is 0.0378. The van der Waals surface area contributed by atoms with Crippen LogP contribution in [0.2, 0.25) is 5.28 Å². The van der Waals surface area contributed by atoms with E-state index in [4.69, 9.17) is 16.3 Å². The average Bonchev–Trinajstić information content (AvgIpc) is 2.90. The zero-order chi connectivity index (χ0) is 15.7. The van der Waals surface area contributed by atoms with E-state index in [0.717, 1.165) is 5.65 Å². The van der Waals surface area contributed by atoms with Gasteiger partial charge in [-0.05, 0) is 37.6 Å². The zero-order valence-electron chi connectivity index (χ0n) is 12.0. The first-order valence-corrected chi connectivity index (χ1v) is 7.10. The summed E-state index contributed by atoms with van der Waals surface area (Å²) in [5, 5.41) is 0.0574. The van der Waals surface area contributed by atoms with E-state index in [2.05, 4.69) is 15.0 Å². The molecule has 23 heavy (non-hydrogen) atoms. The van der Waals surface area contributed by atoms with Gasteiger partial charge < -0.3 is 4.74 Å². The van der Waals surface area contributed by atoms with Crippen molar-refractivity contribution in [1.29, 1.82) is 0 Å². The van der Waals surface area contributed by atoms with Crippen LogP contribution in [0.25, 0.3) is 17.0 Å². The van der Waals surface area contributed by atoms with Crippen LogP contribution in [0, 0.1) is 0 Å². The fourth-order valence-electron chi connectivity index (χ4n) is 2.09. The number of carbonyl (C=O) groups is 1. The molecule has 0 radical (unpaired) electrons. The number of aromatic nitrogens is 4. The summed E-state index contributed by atoms with van der Waals surface area (Å²) in [7, 11) is 0. The maximum atomic E-state index is 12.2. The number of carbonyl (C=O) groups excluding carboxylic acids is 1. The summed E-state index contributed by atoms with van der Waals surface area (Å²) in [6.07, 6.45) is 4.61. The molecular weight excluding hydrogens is 316 g/mol. The zero-order valence-corrected chi connectivity index (χ0v) is 12.8. The van der Waals surface area contributed by atoms with Gasteiger partial charge in [0.05, 0.1) is 18.0 Å². The Hall–Kier alpha value is -2.47. The molecular formula is C16H17ClN4O2. The third kappa shape index (κ3) is 3.32. The molecule has 0 bridgehead atoms.